The fraction of sp³-hybridized carbons (Fsp3) is 0.280. The molecule has 0 aliphatic carbocycles. The molecule has 3 nitrogen and oxygen atoms in total. The Hall–Kier alpha value is -2.53. The van der Waals surface area contributed by atoms with Gasteiger partial charge in [-0.05, 0) is 28.8 Å². The smallest absolute Gasteiger partial charge is 0.123 e. The van der Waals surface area contributed by atoms with Crippen molar-refractivity contribution in [1.29, 1.82) is 0 Å². The molecule has 3 aromatic carbocycles. The molecule has 0 amide bonds. The van der Waals surface area contributed by atoms with E-state index in [-0.39, 0.29) is 11.7 Å². The predicted octanol–water partition coefficient (Wildman–Crippen LogP) is 4.18. The van der Waals surface area contributed by atoms with Gasteiger partial charge in [0.1, 0.15) is 11.4 Å². The van der Waals surface area contributed by atoms with Crippen molar-refractivity contribution in [2.24, 2.45) is 0 Å². The van der Waals surface area contributed by atoms with Crippen molar-refractivity contribution in [2.75, 3.05) is 32.8 Å². The Balaban J connectivity index is 1.84. The molecule has 0 aromatic heterocycles. The Morgan fingerprint density at radius 1 is 0.828 bits per heavy atom. The third-order valence-corrected chi connectivity index (χ3v) is 5.75. The largest absolute Gasteiger partial charge is 0.380 e. The Morgan fingerprint density at radius 3 is 2.00 bits per heavy atom. The molecule has 0 radical (unpaired) electrons. The first-order valence-corrected chi connectivity index (χ1v) is 10.1. The molecule has 1 aliphatic heterocycles. The average molecular weight is 391 g/mol. The van der Waals surface area contributed by atoms with Gasteiger partial charge in [-0.1, -0.05) is 72.8 Å². The summed E-state index contributed by atoms with van der Waals surface area (Å²) in [6.45, 7) is 3.73. The van der Waals surface area contributed by atoms with Crippen LogP contribution < -0.4 is 0 Å². The van der Waals surface area contributed by atoms with E-state index < -0.39 is 5.60 Å². The molecular weight excluding hydrogens is 365 g/mol. The van der Waals surface area contributed by atoms with Gasteiger partial charge in [0.05, 0.1) is 13.2 Å². The van der Waals surface area contributed by atoms with Gasteiger partial charge >= 0.3 is 0 Å². The van der Waals surface area contributed by atoms with E-state index in [9.17, 15) is 9.50 Å². The summed E-state index contributed by atoms with van der Waals surface area (Å²) in [5.41, 5.74) is 1.24. The van der Waals surface area contributed by atoms with Crippen LogP contribution >= 0.6 is 0 Å². The minimum atomic E-state index is -1.30. The lowest BCUT2D eigenvalue weighted by molar-refractivity contribution is 0.000744. The van der Waals surface area contributed by atoms with Crippen LogP contribution in [0, 0.1) is 5.82 Å². The van der Waals surface area contributed by atoms with Gasteiger partial charge in [-0.25, -0.2) is 4.39 Å². The molecule has 1 N–H and O–H groups in total. The highest BCUT2D eigenvalue weighted by molar-refractivity contribution is 5.42. The van der Waals surface area contributed by atoms with E-state index in [0.717, 1.165) is 24.2 Å². The number of hydrogen-bond acceptors (Lipinski definition) is 3. The van der Waals surface area contributed by atoms with Crippen molar-refractivity contribution in [3.63, 3.8) is 0 Å². The van der Waals surface area contributed by atoms with E-state index in [1.807, 2.05) is 48.5 Å². The second-order valence-corrected chi connectivity index (χ2v) is 7.52. The monoisotopic (exact) mass is 391 g/mol. The number of halogens is 1. The summed E-state index contributed by atoms with van der Waals surface area (Å²) < 4.78 is 19.2. The van der Waals surface area contributed by atoms with Crippen LogP contribution in [-0.2, 0) is 10.3 Å². The fourth-order valence-electron chi connectivity index (χ4n) is 4.17. The van der Waals surface area contributed by atoms with Crippen LogP contribution in [0.15, 0.2) is 84.9 Å². The first-order valence-electron chi connectivity index (χ1n) is 10.1. The highest BCUT2D eigenvalue weighted by Gasteiger charge is 2.42. The second-order valence-electron chi connectivity index (χ2n) is 7.52. The predicted molar refractivity (Wildman–Crippen MR) is 112 cm³/mol. The van der Waals surface area contributed by atoms with Crippen LogP contribution in [0.5, 0.6) is 0 Å². The first kappa shape index (κ1) is 19.8. The summed E-state index contributed by atoms with van der Waals surface area (Å²) in [6, 6.07) is 26.0. The van der Waals surface area contributed by atoms with Gasteiger partial charge in [0.15, 0.2) is 0 Å². The summed E-state index contributed by atoms with van der Waals surface area (Å²) >= 11 is 0. The number of aliphatic hydroxyl groups is 1. The molecule has 1 saturated heterocycles. The molecule has 0 unspecified atom stereocenters. The number of hydrogen-bond donors (Lipinski definition) is 1. The van der Waals surface area contributed by atoms with Gasteiger partial charge < -0.3 is 9.84 Å². The maximum Gasteiger partial charge on any atom is 0.123 e. The first-order chi connectivity index (χ1) is 14.2. The Bertz CT molecular complexity index is 895. The summed E-state index contributed by atoms with van der Waals surface area (Å²) in [7, 11) is 0. The number of benzene rings is 3. The summed E-state index contributed by atoms with van der Waals surface area (Å²) in [5, 5.41) is 12.3. The Labute approximate surface area is 171 Å². The van der Waals surface area contributed by atoms with Crippen molar-refractivity contribution >= 4 is 0 Å². The fourth-order valence-corrected chi connectivity index (χ4v) is 4.17. The molecule has 0 spiro atoms. The highest BCUT2D eigenvalue weighted by Crippen LogP contribution is 2.43. The average Bonchev–Trinajstić information content (AvgIpc) is 2.79. The number of nitrogens with zero attached hydrogens (tertiary/aromatic N) is 1. The van der Waals surface area contributed by atoms with Crippen molar-refractivity contribution in [3.05, 3.63) is 107 Å². The molecule has 4 heteroatoms. The van der Waals surface area contributed by atoms with Gasteiger partial charge in [0.25, 0.3) is 0 Å². The zero-order chi connectivity index (χ0) is 20.1. The van der Waals surface area contributed by atoms with E-state index in [4.69, 9.17) is 4.74 Å². The summed E-state index contributed by atoms with van der Waals surface area (Å²) in [4.78, 5) is 2.33. The maximum absolute atomic E-state index is 13.7. The van der Waals surface area contributed by atoms with E-state index in [0.29, 0.717) is 25.3 Å². The number of morpholine rings is 1. The van der Waals surface area contributed by atoms with Crippen LogP contribution in [0.3, 0.4) is 0 Å². The molecular formula is C25H26FNO2. The van der Waals surface area contributed by atoms with E-state index in [1.54, 1.807) is 12.1 Å². The minimum absolute atomic E-state index is 0.227. The molecule has 1 fully saturated rings. The van der Waals surface area contributed by atoms with E-state index in [1.165, 1.54) is 12.1 Å². The molecule has 2 atom stereocenters. The molecule has 1 heterocycles. The van der Waals surface area contributed by atoms with Crippen molar-refractivity contribution < 1.29 is 14.2 Å². The molecule has 1 aliphatic rings. The zero-order valence-electron chi connectivity index (χ0n) is 16.4. The lowest BCUT2D eigenvalue weighted by Crippen LogP contribution is -2.45. The van der Waals surface area contributed by atoms with Gasteiger partial charge in [0.2, 0.25) is 0 Å². The van der Waals surface area contributed by atoms with Gasteiger partial charge in [-0.2, -0.15) is 0 Å². The Kier molecular flexibility index (Phi) is 6.05. The second kappa shape index (κ2) is 8.87. The van der Waals surface area contributed by atoms with Crippen LogP contribution in [0.2, 0.25) is 0 Å². The summed E-state index contributed by atoms with van der Waals surface area (Å²) in [6.07, 6.45) is 0. The molecule has 150 valence electrons. The van der Waals surface area contributed by atoms with Gasteiger partial charge in [-0.3, -0.25) is 4.90 Å². The van der Waals surface area contributed by atoms with Crippen LogP contribution in [0.1, 0.15) is 22.6 Å². The Morgan fingerprint density at radius 2 is 1.38 bits per heavy atom. The normalized spacial score (nSPS) is 18.1. The zero-order valence-corrected chi connectivity index (χ0v) is 16.4. The van der Waals surface area contributed by atoms with Gasteiger partial charge in [-0.15, -0.1) is 0 Å². The third-order valence-electron chi connectivity index (χ3n) is 5.75. The summed E-state index contributed by atoms with van der Waals surface area (Å²) in [5.74, 6) is -0.539. The van der Waals surface area contributed by atoms with Crippen molar-refractivity contribution in [2.45, 2.75) is 11.5 Å². The molecule has 0 saturated carbocycles. The van der Waals surface area contributed by atoms with E-state index in [2.05, 4.69) is 17.0 Å². The molecule has 3 aromatic rings. The highest BCUT2D eigenvalue weighted by atomic mass is 19.1. The maximum atomic E-state index is 13.7. The molecule has 0 bridgehead atoms. The number of ether oxygens (including phenoxy) is 1. The van der Waals surface area contributed by atoms with Crippen molar-refractivity contribution in [1.82, 2.24) is 4.90 Å². The van der Waals surface area contributed by atoms with E-state index >= 15 is 0 Å². The van der Waals surface area contributed by atoms with Crippen LogP contribution in [0.25, 0.3) is 0 Å². The number of rotatable bonds is 6. The van der Waals surface area contributed by atoms with Crippen LogP contribution in [-0.4, -0.2) is 42.9 Å². The molecule has 4 rings (SSSR count). The lowest BCUT2D eigenvalue weighted by atomic mass is 9.72. The minimum Gasteiger partial charge on any atom is -0.380 e. The topological polar surface area (TPSA) is 32.7 Å². The lowest BCUT2D eigenvalue weighted by Gasteiger charge is -2.41. The van der Waals surface area contributed by atoms with Gasteiger partial charge in [0, 0.05) is 25.6 Å². The SMILES string of the molecule is O[C@@](c1ccccc1)(c1ccc(F)cc1)[C@@H](CN1CCOCC1)c1ccccc1. The third kappa shape index (κ3) is 4.25. The quantitative estimate of drug-likeness (QED) is 0.684. The van der Waals surface area contributed by atoms with Crippen LogP contribution in [0.4, 0.5) is 4.39 Å². The molecule has 29 heavy (non-hydrogen) atoms. The standard InChI is InChI=1S/C25H26FNO2/c26-23-13-11-22(12-14-23)25(28,21-9-5-2-6-10-21)24(20-7-3-1-4-8-20)19-27-15-17-29-18-16-27/h1-14,24,28H,15-19H2/t24-,25-/m0/s1. The van der Waals surface area contributed by atoms with Crippen molar-refractivity contribution in [3.8, 4) is 0 Å².